The van der Waals surface area contributed by atoms with Gasteiger partial charge in [0.05, 0.1) is 7.11 Å². The van der Waals surface area contributed by atoms with Gasteiger partial charge in [-0.25, -0.2) is 0 Å². The van der Waals surface area contributed by atoms with E-state index in [1.54, 1.807) is 48.5 Å². The SMILES string of the molecule is COc1ccc(NC(=O)C(=O)[C@@H]2C(=O)Nc3ccccc32)cc1. The number of amides is 2. The zero-order valence-corrected chi connectivity index (χ0v) is 12.3. The summed E-state index contributed by atoms with van der Waals surface area (Å²) in [5, 5.41) is 5.10. The summed E-state index contributed by atoms with van der Waals surface area (Å²) in [5.74, 6) is -2.57. The van der Waals surface area contributed by atoms with Gasteiger partial charge in [-0.3, -0.25) is 14.4 Å². The quantitative estimate of drug-likeness (QED) is 0.667. The molecule has 2 aromatic carbocycles. The Kier molecular flexibility index (Phi) is 3.80. The molecule has 0 saturated heterocycles. The van der Waals surface area contributed by atoms with Gasteiger partial charge in [0, 0.05) is 11.4 Å². The second kappa shape index (κ2) is 5.92. The van der Waals surface area contributed by atoms with Crippen LogP contribution in [0.5, 0.6) is 5.75 Å². The van der Waals surface area contributed by atoms with Crippen LogP contribution in [0.15, 0.2) is 48.5 Å². The molecule has 0 aliphatic carbocycles. The summed E-state index contributed by atoms with van der Waals surface area (Å²) < 4.78 is 5.02. The Hall–Kier alpha value is -3.15. The molecule has 1 aliphatic rings. The van der Waals surface area contributed by atoms with E-state index >= 15 is 0 Å². The lowest BCUT2D eigenvalue weighted by molar-refractivity contribution is -0.138. The van der Waals surface area contributed by atoms with Crippen molar-refractivity contribution < 1.29 is 19.1 Å². The summed E-state index contributed by atoms with van der Waals surface area (Å²) in [6, 6.07) is 13.4. The molecule has 1 aliphatic heterocycles. The first-order valence-corrected chi connectivity index (χ1v) is 6.99. The number of fused-ring (bicyclic) bond motifs is 1. The number of ether oxygens (including phenoxy) is 1. The summed E-state index contributed by atoms with van der Waals surface area (Å²) in [5.41, 5.74) is 1.54. The number of nitrogens with one attached hydrogen (secondary N) is 2. The summed E-state index contributed by atoms with van der Waals surface area (Å²) in [6.45, 7) is 0. The Labute approximate surface area is 132 Å². The van der Waals surface area contributed by atoms with Gasteiger partial charge in [0.25, 0.3) is 5.91 Å². The highest BCUT2D eigenvalue weighted by molar-refractivity contribution is 6.47. The first-order chi connectivity index (χ1) is 11.1. The van der Waals surface area contributed by atoms with Crippen molar-refractivity contribution in [1.29, 1.82) is 0 Å². The lowest BCUT2D eigenvalue weighted by Crippen LogP contribution is -2.31. The van der Waals surface area contributed by atoms with E-state index in [2.05, 4.69) is 10.6 Å². The maximum absolute atomic E-state index is 12.3. The van der Waals surface area contributed by atoms with Gasteiger partial charge in [0.2, 0.25) is 11.7 Å². The fraction of sp³-hybridized carbons (Fsp3) is 0.118. The number of anilines is 2. The predicted molar refractivity (Wildman–Crippen MR) is 84.4 cm³/mol. The zero-order chi connectivity index (χ0) is 16.4. The molecule has 2 aromatic rings. The summed E-state index contributed by atoms with van der Waals surface area (Å²) >= 11 is 0. The molecule has 6 heteroatoms. The molecule has 23 heavy (non-hydrogen) atoms. The number of carbonyl (C=O) groups excluding carboxylic acids is 3. The van der Waals surface area contributed by atoms with Crippen LogP contribution >= 0.6 is 0 Å². The first-order valence-electron chi connectivity index (χ1n) is 6.99. The number of rotatable bonds is 4. The average Bonchev–Trinajstić information content (AvgIpc) is 2.90. The molecular formula is C17H14N2O4. The van der Waals surface area contributed by atoms with Gasteiger partial charge in [-0.05, 0) is 35.9 Å². The van der Waals surface area contributed by atoms with E-state index in [1.807, 2.05) is 0 Å². The van der Waals surface area contributed by atoms with Crippen LogP contribution in [0.25, 0.3) is 0 Å². The smallest absolute Gasteiger partial charge is 0.292 e. The van der Waals surface area contributed by atoms with Gasteiger partial charge in [-0.1, -0.05) is 18.2 Å². The van der Waals surface area contributed by atoms with Crippen molar-refractivity contribution in [3.8, 4) is 5.75 Å². The van der Waals surface area contributed by atoms with Crippen LogP contribution in [-0.2, 0) is 14.4 Å². The number of benzene rings is 2. The normalized spacial score (nSPS) is 15.5. The highest BCUT2D eigenvalue weighted by Crippen LogP contribution is 2.32. The Bertz CT molecular complexity index is 783. The number of para-hydroxylation sites is 1. The van der Waals surface area contributed by atoms with Crippen LogP contribution in [0, 0.1) is 0 Å². The molecule has 1 atom stereocenters. The van der Waals surface area contributed by atoms with Crippen molar-refractivity contribution in [2.75, 3.05) is 17.7 Å². The largest absolute Gasteiger partial charge is 0.497 e. The molecule has 0 radical (unpaired) electrons. The summed E-state index contributed by atoms with van der Waals surface area (Å²) in [7, 11) is 1.53. The maximum atomic E-state index is 12.3. The lowest BCUT2D eigenvalue weighted by Gasteiger charge is -2.09. The van der Waals surface area contributed by atoms with E-state index in [4.69, 9.17) is 4.74 Å². The van der Waals surface area contributed by atoms with Crippen LogP contribution in [0.1, 0.15) is 11.5 Å². The summed E-state index contributed by atoms with van der Waals surface area (Å²) in [4.78, 5) is 36.5. The van der Waals surface area contributed by atoms with Crippen molar-refractivity contribution >= 4 is 29.0 Å². The first kappa shape index (κ1) is 14.8. The molecule has 2 amide bonds. The van der Waals surface area contributed by atoms with Gasteiger partial charge in [0.15, 0.2) is 0 Å². The second-order valence-electron chi connectivity index (χ2n) is 5.06. The van der Waals surface area contributed by atoms with Gasteiger partial charge >= 0.3 is 0 Å². The van der Waals surface area contributed by atoms with Crippen molar-refractivity contribution in [3.63, 3.8) is 0 Å². The molecule has 0 bridgehead atoms. The van der Waals surface area contributed by atoms with Crippen LogP contribution in [0.4, 0.5) is 11.4 Å². The Morgan fingerprint density at radius 3 is 2.48 bits per heavy atom. The minimum atomic E-state index is -1.11. The molecular weight excluding hydrogens is 296 g/mol. The number of carbonyl (C=O) groups is 3. The Morgan fingerprint density at radius 1 is 1.09 bits per heavy atom. The molecule has 1 heterocycles. The topological polar surface area (TPSA) is 84.5 Å². The maximum Gasteiger partial charge on any atom is 0.292 e. The average molecular weight is 310 g/mol. The number of hydrogen-bond acceptors (Lipinski definition) is 4. The minimum Gasteiger partial charge on any atom is -0.497 e. The Morgan fingerprint density at radius 2 is 1.78 bits per heavy atom. The van der Waals surface area contributed by atoms with Crippen LogP contribution in [-0.4, -0.2) is 24.7 Å². The van der Waals surface area contributed by atoms with Gasteiger partial charge in [-0.2, -0.15) is 0 Å². The highest BCUT2D eigenvalue weighted by atomic mass is 16.5. The van der Waals surface area contributed by atoms with Crippen molar-refractivity contribution in [3.05, 3.63) is 54.1 Å². The van der Waals surface area contributed by atoms with Crippen LogP contribution in [0.2, 0.25) is 0 Å². The fourth-order valence-corrected chi connectivity index (χ4v) is 2.47. The van der Waals surface area contributed by atoms with E-state index in [-0.39, 0.29) is 0 Å². The van der Waals surface area contributed by atoms with E-state index in [9.17, 15) is 14.4 Å². The number of hydrogen-bond donors (Lipinski definition) is 2. The molecule has 0 fully saturated rings. The van der Waals surface area contributed by atoms with Crippen LogP contribution < -0.4 is 15.4 Å². The standard InChI is InChI=1S/C17H14N2O4/c1-23-11-8-6-10(7-9-11)18-17(22)15(20)14-12-4-2-3-5-13(12)19-16(14)21/h2-9,14H,1H3,(H,18,22)(H,19,21)/t14-/m1/s1. The van der Waals surface area contributed by atoms with Crippen molar-refractivity contribution in [1.82, 2.24) is 0 Å². The van der Waals surface area contributed by atoms with Gasteiger partial charge in [-0.15, -0.1) is 0 Å². The molecule has 0 spiro atoms. The van der Waals surface area contributed by atoms with Gasteiger partial charge in [0.1, 0.15) is 11.7 Å². The third-order valence-corrected chi connectivity index (χ3v) is 3.63. The molecule has 0 unspecified atom stereocenters. The molecule has 2 N–H and O–H groups in total. The van der Waals surface area contributed by atoms with E-state index in [1.165, 1.54) is 7.11 Å². The highest BCUT2D eigenvalue weighted by Gasteiger charge is 2.39. The second-order valence-corrected chi connectivity index (χ2v) is 5.06. The Balaban J connectivity index is 1.77. The van der Waals surface area contributed by atoms with Crippen LogP contribution in [0.3, 0.4) is 0 Å². The van der Waals surface area contributed by atoms with Crippen molar-refractivity contribution in [2.24, 2.45) is 0 Å². The predicted octanol–water partition coefficient (Wildman–Crippen LogP) is 1.94. The number of ketones is 1. The number of methoxy groups -OCH3 is 1. The molecule has 0 saturated carbocycles. The molecule has 6 nitrogen and oxygen atoms in total. The third-order valence-electron chi connectivity index (χ3n) is 3.63. The lowest BCUT2D eigenvalue weighted by atomic mass is 9.95. The monoisotopic (exact) mass is 310 g/mol. The summed E-state index contributed by atoms with van der Waals surface area (Å²) in [6.07, 6.45) is 0. The fourth-order valence-electron chi connectivity index (χ4n) is 2.47. The number of Topliss-reactive ketones (excluding diaryl/α,β-unsaturated/α-hetero) is 1. The van der Waals surface area contributed by atoms with E-state index in [0.29, 0.717) is 22.7 Å². The van der Waals surface area contributed by atoms with E-state index in [0.717, 1.165) is 0 Å². The van der Waals surface area contributed by atoms with Gasteiger partial charge < -0.3 is 15.4 Å². The molecule has 116 valence electrons. The molecule has 3 rings (SSSR count). The van der Waals surface area contributed by atoms with E-state index < -0.39 is 23.5 Å². The minimum absolute atomic E-state index is 0.454. The molecule has 0 aromatic heterocycles. The zero-order valence-electron chi connectivity index (χ0n) is 12.3. The van der Waals surface area contributed by atoms with Crippen molar-refractivity contribution in [2.45, 2.75) is 5.92 Å². The third kappa shape index (κ3) is 2.78.